The smallest absolute Gasteiger partial charge is 0.148 e. The van der Waals surface area contributed by atoms with Crippen LogP contribution in [0.3, 0.4) is 0 Å². The summed E-state index contributed by atoms with van der Waals surface area (Å²) in [6, 6.07) is 16.3. The number of nitrogens with zero attached hydrogens (tertiary/aromatic N) is 1. The summed E-state index contributed by atoms with van der Waals surface area (Å²) in [7, 11) is 0. The zero-order valence-electron chi connectivity index (χ0n) is 13.6. The molecule has 0 bridgehead atoms. The number of nitrogens with one attached hydrogen (secondary N) is 1. The Morgan fingerprint density at radius 2 is 2.12 bits per heavy atom. The summed E-state index contributed by atoms with van der Waals surface area (Å²) in [5.41, 5.74) is 5.02. The molecule has 1 aliphatic heterocycles. The third-order valence-corrected chi connectivity index (χ3v) is 4.42. The van der Waals surface area contributed by atoms with Gasteiger partial charge >= 0.3 is 0 Å². The first-order valence-electron chi connectivity index (χ1n) is 8.24. The van der Waals surface area contributed by atoms with Gasteiger partial charge in [0.1, 0.15) is 5.75 Å². The van der Waals surface area contributed by atoms with E-state index < -0.39 is 6.10 Å². The number of hydrogen-bond acceptors (Lipinski definition) is 4. The monoisotopic (exact) mass is 320 g/mol. The molecular formula is C20H20N2O2. The molecule has 1 unspecified atom stereocenters. The van der Waals surface area contributed by atoms with Crippen LogP contribution in [0.2, 0.25) is 0 Å². The van der Waals surface area contributed by atoms with Crippen molar-refractivity contribution >= 4 is 16.6 Å². The molecule has 3 aromatic rings. The van der Waals surface area contributed by atoms with Gasteiger partial charge in [0.05, 0.1) is 23.9 Å². The van der Waals surface area contributed by atoms with E-state index in [2.05, 4.69) is 34.6 Å². The van der Waals surface area contributed by atoms with Crippen LogP contribution in [-0.2, 0) is 6.54 Å². The van der Waals surface area contributed by atoms with Crippen LogP contribution < -0.4 is 10.1 Å². The SMILES string of the molecule is Cc1ccc2cc(CNc3cccc4c3OCCC4O)ccc2n1. The summed E-state index contributed by atoms with van der Waals surface area (Å²) in [6.45, 7) is 3.25. The zero-order valence-corrected chi connectivity index (χ0v) is 13.6. The molecule has 0 spiro atoms. The van der Waals surface area contributed by atoms with Crippen LogP contribution in [0.25, 0.3) is 10.9 Å². The summed E-state index contributed by atoms with van der Waals surface area (Å²) in [5.74, 6) is 0.773. The number of aliphatic hydroxyl groups excluding tert-OH is 1. The fourth-order valence-electron chi connectivity index (χ4n) is 3.13. The Hall–Kier alpha value is -2.59. The van der Waals surface area contributed by atoms with Gasteiger partial charge in [-0.05, 0) is 36.8 Å². The minimum Gasteiger partial charge on any atom is -0.491 e. The average Bonchev–Trinajstić information content (AvgIpc) is 2.60. The van der Waals surface area contributed by atoms with E-state index in [1.807, 2.05) is 31.2 Å². The van der Waals surface area contributed by atoms with Crippen LogP contribution in [0.1, 0.15) is 29.3 Å². The number of anilines is 1. The van der Waals surface area contributed by atoms with Crippen LogP contribution in [0.4, 0.5) is 5.69 Å². The molecule has 2 aromatic carbocycles. The standard InChI is InChI=1S/C20H20N2O2/c1-13-5-7-15-11-14(6-8-17(15)22-13)12-21-18-4-2-3-16-19(23)9-10-24-20(16)18/h2-8,11,19,21,23H,9-10,12H2,1H3. The Bertz CT molecular complexity index is 892. The van der Waals surface area contributed by atoms with Crippen LogP contribution in [-0.4, -0.2) is 16.7 Å². The van der Waals surface area contributed by atoms with E-state index in [1.54, 1.807) is 0 Å². The highest BCUT2D eigenvalue weighted by atomic mass is 16.5. The Labute approximate surface area is 141 Å². The largest absolute Gasteiger partial charge is 0.491 e. The fourth-order valence-corrected chi connectivity index (χ4v) is 3.13. The molecule has 4 heteroatoms. The topological polar surface area (TPSA) is 54.4 Å². The van der Waals surface area contributed by atoms with Crippen molar-refractivity contribution in [2.75, 3.05) is 11.9 Å². The lowest BCUT2D eigenvalue weighted by molar-refractivity contribution is 0.116. The molecule has 4 nitrogen and oxygen atoms in total. The average molecular weight is 320 g/mol. The van der Waals surface area contributed by atoms with E-state index in [-0.39, 0.29) is 0 Å². The van der Waals surface area contributed by atoms with Crippen molar-refractivity contribution < 1.29 is 9.84 Å². The lowest BCUT2D eigenvalue weighted by Crippen LogP contribution is -2.15. The second kappa shape index (κ2) is 6.13. The number of fused-ring (bicyclic) bond motifs is 2. The molecule has 4 rings (SSSR count). The highest BCUT2D eigenvalue weighted by Crippen LogP contribution is 2.38. The molecule has 122 valence electrons. The molecule has 1 aliphatic rings. The molecule has 0 saturated heterocycles. The lowest BCUT2D eigenvalue weighted by Gasteiger charge is -2.24. The summed E-state index contributed by atoms with van der Waals surface area (Å²) in [4.78, 5) is 4.53. The third-order valence-electron chi connectivity index (χ3n) is 4.42. The van der Waals surface area contributed by atoms with Crippen molar-refractivity contribution in [2.45, 2.75) is 26.0 Å². The zero-order chi connectivity index (χ0) is 16.5. The minimum absolute atomic E-state index is 0.439. The molecule has 0 saturated carbocycles. The normalized spacial score (nSPS) is 16.5. The van der Waals surface area contributed by atoms with Gasteiger partial charge in [-0.25, -0.2) is 0 Å². The Morgan fingerprint density at radius 3 is 3.04 bits per heavy atom. The van der Waals surface area contributed by atoms with Crippen molar-refractivity contribution in [3.05, 3.63) is 65.4 Å². The number of ether oxygens (including phenoxy) is 1. The highest BCUT2D eigenvalue weighted by Gasteiger charge is 2.21. The molecule has 2 N–H and O–H groups in total. The first-order valence-corrected chi connectivity index (χ1v) is 8.24. The summed E-state index contributed by atoms with van der Waals surface area (Å²) < 4.78 is 5.76. The van der Waals surface area contributed by atoms with E-state index >= 15 is 0 Å². The van der Waals surface area contributed by atoms with Gasteiger partial charge in [0.25, 0.3) is 0 Å². The predicted octanol–water partition coefficient (Wildman–Crippen LogP) is 3.97. The molecule has 1 atom stereocenters. The van der Waals surface area contributed by atoms with E-state index in [4.69, 9.17) is 4.74 Å². The maximum Gasteiger partial charge on any atom is 0.148 e. The fraction of sp³-hybridized carbons (Fsp3) is 0.250. The van der Waals surface area contributed by atoms with Gasteiger partial charge in [-0.15, -0.1) is 0 Å². The van der Waals surface area contributed by atoms with Crippen LogP contribution in [0.15, 0.2) is 48.5 Å². The minimum atomic E-state index is -0.439. The van der Waals surface area contributed by atoms with E-state index in [0.717, 1.165) is 33.6 Å². The van der Waals surface area contributed by atoms with E-state index in [1.165, 1.54) is 5.56 Å². The van der Waals surface area contributed by atoms with Gasteiger partial charge in [0.2, 0.25) is 0 Å². The van der Waals surface area contributed by atoms with Crippen molar-refractivity contribution in [1.29, 1.82) is 0 Å². The van der Waals surface area contributed by atoms with Gasteiger partial charge in [-0.3, -0.25) is 4.98 Å². The molecule has 24 heavy (non-hydrogen) atoms. The number of rotatable bonds is 3. The van der Waals surface area contributed by atoms with Gasteiger partial charge < -0.3 is 15.2 Å². The molecular weight excluding hydrogens is 300 g/mol. The second-order valence-corrected chi connectivity index (χ2v) is 6.21. The van der Waals surface area contributed by atoms with Crippen molar-refractivity contribution in [3.8, 4) is 5.75 Å². The summed E-state index contributed by atoms with van der Waals surface area (Å²) >= 11 is 0. The number of aryl methyl sites for hydroxylation is 1. The van der Waals surface area contributed by atoms with Crippen molar-refractivity contribution in [3.63, 3.8) is 0 Å². The van der Waals surface area contributed by atoms with Crippen LogP contribution >= 0.6 is 0 Å². The summed E-state index contributed by atoms with van der Waals surface area (Å²) in [6.07, 6.45) is 0.207. The van der Waals surface area contributed by atoms with Gasteiger partial charge in [0.15, 0.2) is 0 Å². The maximum atomic E-state index is 10.1. The van der Waals surface area contributed by atoms with E-state index in [0.29, 0.717) is 19.6 Å². The van der Waals surface area contributed by atoms with Crippen LogP contribution in [0, 0.1) is 6.92 Å². The quantitative estimate of drug-likeness (QED) is 0.766. The van der Waals surface area contributed by atoms with Crippen molar-refractivity contribution in [2.24, 2.45) is 0 Å². The molecule has 0 fully saturated rings. The Kier molecular flexibility index (Phi) is 3.82. The Morgan fingerprint density at radius 1 is 1.21 bits per heavy atom. The van der Waals surface area contributed by atoms with E-state index in [9.17, 15) is 5.11 Å². The number of benzene rings is 2. The number of pyridine rings is 1. The van der Waals surface area contributed by atoms with Gasteiger partial charge in [0, 0.05) is 29.6 Å². The molecule has 1 aromatic heterocycles. The highest BCUT2D eigenvalue weighted by molar-refractivity contribution is 5.79. The number of aliphatic hydroxyl groups is 1. The van der Waals surface area contributed by atoms with Gasteiger partial charge in [-0.1, -0.05) is 24.3 Å². The third kappa shape index (κ3) is 2.81. The first kappa shape index (κ1) is 15.0. The van der Waals surface area contributed by atoms with Crippen LogP contribution in [0.5, 0.6) is 5.75 Å². The molecule has 0 radical (unpaired) electrons. The van der Waals surface area contributed by atoms with Crippen molar-refractivity contribution in [1.82, 2.24) is 4.98 Å². The molecule has 2 heterocycles. The molecule has 0 amide bonds. The number of aromatic nitrogens is 1. The number of para-hydroxylation sites is 1. The first-order chi connectivity index (χ1) is 11.7. The van der Waals surface area contributed by atoms with Gasteiger partial charge in [-0.2, -0.15) is 0 Å². The summed E-state index contributed by atoms with van der Waals surface area (Å²) in [5, 5.41) is 14.7. The Balaban J connectivity index is 1.57. The number of hydrogen-bond donors (Lipinski definition) is 2. The lowest BCUT2D eigenvalue weighted by atomic mass is 10.0. The molecule has 0 aliphatic carbocycles. The maximum absolute atomic E-state index is 10.1. The second-order valence-electron chi connectivity index (χ2n) is 6.21. The predicted molar refractivity (Wildman–Crippen MR) is 95.3 cm³/mol.